The van der Waals surface area contributed by atoms with Gasteiger partial charge in [0.25, 0.3) is 0 Å². The molecule has 0 bridgehead atoms. The van der Waals surface area contributed by atoms with E-state index >= 15 is 0 Å². The lowest BCUT2D eigenvalue weighted by molar-refractivity contribution is 0.390. The number of hydrogen-bond acceptors (Lipinski definition) is 4. The molecule has 0 amide bonds. The second kappa shape index (κ2) is 6.49. The Labute approximate surface area is 132 Å². The summed E-state index contributed by atoms with van der Waals surface area (Å²) < 4.78 is 0.844. The first-order chi connectivity index (χ1) is 8.61. The van der Waals surface area contributed by atoms with Crippen LogP contribution in [0.4, 0.5) is 5.82 Å². The SMILES string of the molecule is S=C(S)N(c1ccc[nH]1)N(C(=S)S)C1NCCS1. The van der Waals surface area contributed by atoms with E-state index in [9.17, 15) is 0 Å². The van der Waals surface area contributed by atoms with Gasteiger partial charge >= 0.3 is 0 Å². The Hall–Kier alpha value is 0.0700. The monoisotopic (exact) mass is 336 g/mol. The van der Waals surface area contributed by atoms with E-state index in [1.807, 2.05) is 23.3 Å². The molecule has 0 spiro atoms. The van der Waals surface area contributed by atoms with Crippen molar-refractivity contribution in [2.45, 2.75) is 5.50 Å². The predicted molar refractivity (Wildman–Crippen MR) is 92.5 cm³/mol. The van der Waals surface area contributed by atoms with Crippen molar-refractivity contribution in [3.05, 3.63) is 18.3 Å². The highest BCUT2D eigenvalue weighted by atomic mass is 32.2. The number of thiocarbonyl (C=S) groups is 2. The van der Waals surface area contributed by atoms with Crippen LogP contribution in [0, 0.1) is 0 Å². The van der Waals surface area contributed by atoms with Crippen LogP contribution in [0.2, 0.25) is 0 Å². The lowest BCUT2D eigenvalue weighted by Gasteiger charge is -2.38. The third-order valence-electron chi connectivity index (χ3n) is 2.32. The topological polar surface area (TPSA) is 34.3 Å². The van der Waals surface area contributed by atoms with E-state index in [1.165, 1.54) is 0 Å². The van der Waals surface area contributed by atoms with Gasteiger partial charge in [-0.25, -0.2) is 10.0 Å². The molecular formula is C9H12N4S5. The van der Waals surface area contributed by atoms with Crippen molar-refractivity contribution in [1.29, 1.82) is 0 Å². The van der Waals surface area contributed by atoms with Gasteiger partial charge in [-0.05, 0) is 12.1 Å². The Morgan fingerprint density at radius 2 is 2.17 bits per heavy atom. The van der Waals surface area contributed by atoms with Gasteiger partial charge in [0.05, 0.1) is 0 Å². The number of rotatable bonds is 2. The molecular weight excluding hydrogens is 324 g/mol. The average molecular weight is 337 g/mol. The number of thioether (sulfide) groups is 1. The van der Waals surface area contributed by atoms with Crippen LogP contribution in [0.5, 0.6) is 0 Å². The molecule has 1 fully saturated rings. The van der Waals surface area contributed by atoms with Crippen molar-refractivity contribution in [2.75, 3.05) is 17.3 Å². The fourth-order valence-electron chi connectivity index (χ4n) is 1.62. The zero-order chi connectivity index (χ0) is 13.1. The largest absolute Gasteiger partial charge is 0.347 e. The van der Waals surface area contributed by atoms with Crippen molar-refractivity contribution < 1.29 is 0 Å². The highest BCUT2D eigenvalue weighted by Crippen LogP contribution is 2.26. The summed E-state index contributed by atoms with van der Waals surface area (Å²) in [5, 5.41) is 6.90. The van der Waals surface area contributed by atoms with Gasteiger partial charge in [-0.2, -0.15) is 0 Å². The summed E-state index contributed by atoms with van der Waals surface area (Å²) in [7, 11) is 0. The smallest absolute Gasteiger partial charge is 0.158 e. The second-order valence-corrected chi connectivity index (χ2v) is 6.87. The summed E-state index contributed by atoms with van der Waals surface area (Å²) in [5.41, 5.74) is 0.0170. The molecule has 18 heavy (non-hydrogen) atoms. The van der Waals surface area contributed by atoms with Crippen LogP contribution in [-0.2, 0) is 0 Å². The molecule has 1 aromatic heterocycles. The number of anilines is 1. The molecule has 0 saturated carbocycles. The molecule has 2 heterocycles. The fraction of sp³-hybridized carbons (Fsp3) is 0.333. The molecule has 0 aromatic carbocycles. The van der Waals surface area contributed by atoms with Crippen LogP contribution in [-0.4, -0.2) is 36.4 Å². The lowest BCUT2D eigenvalue weighted by atomic mass is 10.6. The van der Waals surface area contributed by atoms with Crippen molar-refractivity contribution >= 4 is 75.9 Å². The minimum atomic E-state index is 0.0170. The van der Waals surface area contributed by atoms with Gasteiger partial charge < -0.3 is 4.98 Å². The molecule has 0 aliphatic carbocycles. The maximum atomic E-state index is 5.21. The minimum absolute atomic E-state index is 0.0170. The normalized spacial score (nSPS) is 18.7. The van der Waals surface area contributed by atoms with E-state index in [0.717, 1.165) is 18.1 Å². The number of hydrazine groups is 1. The highest BCUT2D eigenvalue weighted by Gasteiger charge is 2.30. The standard InChI is InChI=1S/C9H12N4S5/c14-8(15)12(6-2-1-3-10-6)13(9(16)17)7-11-4-5-18-7/h1-3,7,10-11H,4-5H2,(H,14,15)(H,16,17). The van der Waals surface area contributed by atoms with Crippen LogP contribution in [0.3, 0.4) is 0 Å². The fourth-order valence-corrected chi connectivity index (χ4v) is 3.59. The van der Waals surface area contributed by atoms with Crippen LogP contribution >= 0.6 is 61.5 Å². The Morgan fingerprint density at radius 1 is 1.39 bits per heavy atom. The van der Waals surface area contributed by atoms with Crippen LogP contribution in [0.15, 0.2) is 18.3 Å². The highest BCUT2D eigenvalue weighted by molar-refractivity contribution is 8.12. The maximum Gasteiger partial charge on any atom is 0.158 e. The summed E-state index contributed by atoms with van der Waals surface area (Å²) in [6.07, 6.45) is 1.82. The number of thiol groups is 2. The van der Waals surface area contributed by atoms with E-state index in [2.05, 4.69) is 35.6 Å². The predicted octanol–water partition coefficient (Wildman–Crippen LogP) is 2.09. The van der Waals surface area contributed by atoms with E-state index in [1.54, 1.807) is 16.8 Å². The minimum Gasteiger partial charge on any atom is -0.347 e. The van der Waals surface area contributed by atoms with Gasteiger partial charge in [-0.15, -0.1) is 37.0 Å². The van der Waals surface area contributed by atoms with Crippen LogP contribution in [0.25, 0.3) is 0 Å². The van der Waals surface area contributed by atoms with Gasteiger partial charge in [-0.1, -0.05) is 24.4 Å². The molecule has 1 unspecified atom stereocenters. The number of nitrogens with zero attached hydrogens (tertiary/aromatic N) is 2. The maximum absolute atomic E-state index is 5.21. The van der Waals surface area contributed by atoms with Crippen molar-refractivity contribution in [3.63, 3.8) is 0 Å². The first kappa shape index (κ1) is 14.5. The molecule has 1 aliphatic heterocycles. The number of aromatic nitrogens is 1. The Kier molecular flexibility index (Phi) is 5.22. The molecule has 1 atom stereocenters. The average Bonchev–Trinajstić information content (AvgIpc) is 2.97. The lowest BCUT2D eigenvalue weighted by Crippen LogP contribution is -2.54. The Bertz CT molecular complexity index is 428. The number of nitrogens with one attached hydrogen (secondary N) is 2. The van der Waals surface area contributed by atoms with Crippen LogP contribution in [0.1, 0.15) is 0 Å². The summed E-state index contributed by atoms with van der Waals surface area (Å²) in [6.45, 7) is 0.931. The molecule has 4 nitrogen and oxygen atoms in total. The van der Waals surface area contributed by atoms with E-state index < -0.39 is 0 Å². The molecule has 0 radical (unpaired) electrons. The first-order valence-corrected chi connectivity index (χ1v) is 7.90. The summed E-state index contributed by atoms with van der Waals surface area (Å²) in [6, 6.07) is 3.80. The Morgan fingerprint density at radius 3 is 2.61 bits per heavy atom. The second-order valence-electron chi connectivity index (χ2n) is 3.45. The van der Waals surface area contributed by atoms with E-state index in [4.69, 9.17) is 24.4 Å². The summed E-state index contributed by atoms with van der Waals surface area (Å²) in [4.78, 5) is 3.09. The molecule has 2 rings (SSSR count). The summed E-state index contributed by atoms with van der Waals surface area (Å²) in [5.74, 6) is 1.83. The van der Waals surface area contributed by atoms with Crippen molar-refractivity contribution in [3.8, 4) is 0 Å². The number of H-pyrrole nitrogens is 1. The van der Waals surface area contributed by atoms with Gasteiger partial charge in [0.2, 0.25) is 0 Å². The quantitative estimate of drug-likeness (QED) is 0.376. The summed E-state index contributed by atoms with van der Waals surface area (Å²) >= 11 is 20.7. The molecule has 2 N–H and O–H groups in total. The van der Waals surface area contributed by atoms with Gasteiger partial charge in [0, 0.05) is 18.5 Å². The molecule has 1 aromatic rings. The van der Waals surface area contributed by atoms with Crippen molar-refractivity contribution in [2.24, 2.45) is 0 Å². The van der Waals surface area contributed by atoms with E-state index in [0.29, 0.717) is 8.64 Å². The zero-order valence-corrected chi connectivity index (χ0v) is 13.5. The molecule has 9 heteroatoms. The molecule has 98 valence electrons. The van der Waals surface area contributed by atoms with Crippen LogP contribution < -0.4 is 10.3 Å². The van der Waals surface area contributed by atoms with Gasteiger partial charge in [0.1, 0.15) is 11.3 Å². The third kappa shape index (κ3) is 3.14. The van der Waals surface area contributed by atoms with Gasteiger partial charge in [-0.3, -0.25) is 5.32 Å². The molecule has 1 saturated heterocycles. The van der Waals surface area contributed by atoms with Crippen molar-refractivity contribution in [1.82, 2.24) is 15.3 Å². The zero-order valence-electron chi connectivity index (χ0n) is 9.24. The third-order valence-corrected chi connectivity index (χ3v) is 4.20. The van der Waals surface area contributed by atoms with E-state index in [-0.39, 0.29) is 5.50 Å². The number of hydrogen-bond donors (Lipinski definition) is 4. The Balaban J connectivity index is 2.31. The molecule has 1 aliphatic rings. The number of aromatic amines is 1. The first-order valence-electron chi connectivity index (χ1n) is 5.15. The van der Waals surface area contributed by atoms with Gasteiger partial charge in [0.15, 0.2) is 8.64 Å².